The molecule has 0 amide bonds. The summed E-state index contributed by atoms with van der Waals surface area (Å²) in [6.07, 6.45) is 0. The summed E-state index contributed by atoms with van der Waals surface area (Å²) in [5.74, 6) is -0.176. The lowest BCUT2D eigenvalue weighted by Gasteiger charge is -2.23. The molecule has 0 saturated carbocycles. The number of carbonyl (C=O) groups is 1. The maximum Gasteiger partial charge on any atom is 0.241 e. The highest BCUT2D eigenvalue weighted by Crippen LogP contribution is 2.14. The van der Waals surface area contributed by atoms with Gasteiger partial charge in [0.2, 0.25) is 10.0 Å². The lowest BCUT2D eigenvalue weighted by Crippen LogP contribution is -2.48. The third-order valence-electron chi connectivity index (χ3n) is 2.47. The van der Waals surface area contributed by atoms with Crippen molar-refractivity contribution in [2.75, 3.05) is 6.54 Å². The van der Waals surface area contributed by atoms with E-state index in [-0.39, 0.29) is 17.2 Å². The van der Waals surface area contributed by atoms with Gasteiger partial charge in [-0.2, -0.15) is 0 Å². The summed E-state index contributed by atoms with van der Waals surface area (Å²) < 4.78 is 26.7. The Bertz CT molecular complexity index is 550. The highest BCUT2D eigenvalue weighted by Gasteiger charge is 2.25. The maximum absolute atomic E-state index is 12.1. The second-order valence-electron chi connectivity index (χ2n) is 4.78. The quantitative estimate of drug-likeness (QED) is 0.778. The number of hydrogen-bond acceptors (Lipinski definition) is 4. The number of ketones is 1. The van der Waals surface area contributed by atoms with E-state index in [9.17, 15) is 13.2 Å². The van der Waals surface area contributed by atoms with Crippen LogP contribution in [0.1, 0.15) is 31.1 Å². The molecule has 3 N–H and O–H groups in total. The molecule has 0 unspecified atom stereocenters. The van der Waals surface area contributed by atoms with E-state index in [0.29, 0.717) is 5.56 Å². The second-order valence-corrected chi connectivity index (χ2v) is 6.46. The molecular formula is C12H18N2O3S. The van der Waals surface area contributed by atoms with Crippen LogP contribution in [0.2, 0.25) is 0 Å². The predicted octanol–water partition coefficient (Wildman–Crippen LogP) is 0.905. The summed E-state index contributed by atoms with van der Waals surface area (Å²) in [6, 6.07) is 5.93. The van der Waals surface area contributed by atoms with Crippen LogP contribution in [0.4, 0.5) is 0 Å². The zero-order valence-electron chi connectivity index (χ0n) is 10.7. The number of rotatable bonds is 5. The van der Waals surface area contributed by atoms with E-state index >= 15 is 0 Å². The van der Waals surface area contributed by atoms with Gasteiger partial charge >= 0.3 is 0 Å². The summed E-state index contributed by atoms with van der Waals surface area (Å²) in [7, 11) is -3.67. The Balaban J connectivity index is 3.13. The standard InChI is InChI=1S/C12H18N2O3S/c1-9(15)10-5-4-6-11(7-10)18(16,17)14-12(2,3)8-13/h4-7,14H,8,13H2,1-3H3. The van der Waals surface area contributed by atoms with E-state index in [4.69, 9.17) is 5.73 Å². The van der Waals surface area contributed by atoms with Crippen molar-refractivity contribution in [3.05, 3.63) is 29.8 Å². The van der Waals surface area contributed by atoms with Crippen LogP contribution in [-0.4, -0.2) is 26.3 Å². The first-order valence-electron chi connectivity index (χ1n) is 5.53. The molecule has 0 spiro atoms. The van der Waals surface area contributed by atoms with Crippen LogP contribution >= 0.6 is 0 Å². The van der Waals surface area contributed by atoms with Gasteiger partial charge in [-0.1, -0.05) is 12.1 Å². The summed E-state index contributed by atoms with van der Waals surface area (Å²) in [4.78, 5) is 11.3. The van der Waals surface area contributed by atoms with E-state index in [2.05, 4.69) is 4.72 Å². The first-order valence-corrected chi connectivity index (χ1v) is 7.01. The SMILES string of the molecule is CC(=O)c1cccc(S(=O)(=O)NC(C)(C)CN)c1. The molecule has 1 aromatic carbocycles. The number of hydrogen-bond donors (Lipinski definition) is 2. The average Bonchev–Trinajstić information content (AvgIpc) is 2.28. The van der Waals surface area contributed by atoms with Crippen molar-refractivity contribution in [1.82, 2.24) is 4.72 Å². The molecule has 0 aliphatic rings. The van der Waals surface area contributed by atoms with Crippen LogP contribution in [0.5, 0.6) is 0 Å². The lowest BCUT2D eigenvalue weighted by atomic mass is 10.1. The van der Waals surface area contributed by atoms with Gasteiger partial charge in [0.1, 0.15) is 0 Å². The van der Waals surface area contributed by atoms with Gasteiger partial charge in [-0.15, -0.1) is 0 Å². The molecule has 0 aliphatic carbocycles. The highest BCUT2D eigenvalue weighted by atomic mass is 32.2. The van der Waals surface area contributed by atoms with Gasteiger partial charge in [-0.05, 0) is 32.9 Å². The fraction of sp³-hybridized carbons (Fsp3) is 0.417. The molecule has 0 heterocycles. The maximum atomic E-state index is 12.1. The topological polar surface area (TPSA) is 89.3 Å². The Morgan fingerprint density at radius 2 is 2.00 bits per heavy atom. The highest BCUT2D eigenvalue weighted by molar-refractivity contribution is 7.89. The summed E-state index contributed by atoms with van der Waals surface area (Å²) in [5, 5.41) is 0. The van der Waals surface area contributed by atoms with Crippen LogP contribution in [0.15, 0.2) is 29.2 Å². The largest absolute Gasteiger partial charge is 0.329 e. The third-order valence-corrected chi connectivity index (χ3v) is 4.17. The Morgan fingerprint density at radius 1 is 1.39 bits per heavy atom. The van der Waals surface area contributed by atoms with Crippen LogP contribution in [0.25, 0.3) is 0 Å². The molecule has 18 heavy (non-hydrogen) atoms. The summed E-state index contributed by atoms with van der Waals surface area (Å²) in [5.41, 5.74) is 5.12. The molecule has 100 valence electrons. The predicted molar refractivity (Wildman–Crippen MR) is 69.9 cm³/mol. The molecule has 0 atom stereocenters. The first kappa shape index (κ1) is 14.8. The zero-order chi connectivity index (χ0) is 14.0. The lowest BCUT2D eigenvalue weighted by molar-refractivity contribution is 0.101. The van der Waals surface area contributed by atoms with E-state index in [1.54, 1.807) is 26.0 Å². The molecule has 0 aliphatic heterocycles. The van der Waals surface area contributed by atoms with Crippen molar-refractivity contribution in [2.24, 2.45) is 5.73 Å². The molecule has 5 nitrogen and oxygen atoms in total. The summed E-state index contributed by atoms with van der Waals surface area (Å²) in [6.45, 7) is 4.96. The molecular weight excluding hydrogens is 252 g/mol. The molecule has 0 bridgehead atoms. The zero-order valence-corrected chi connectivity index (χ0v) is 11.5. The number of nitrogens with one attached hydrogen (secondary N) is 1. The number of Topliss-reactive ketones (excluding diaryl/α,β-unsaturated/α-hetero) is 1. The van der Waals surface area contributed by atoms with Gasteiger partial charge in [-0.3, -0.25) is 4.79 Å². The molecule has 0 radical (unpaired) electrons. The fourth-order valence-electron chi connectivity index (χ4n) is 1.35. The van der Waals surface area contributed by atoms with Crippen molar-refractivity contribution in [3.63, 3.8) is 0 Å². The van der Waals surface area contributed by atoms with Crippen molar-refractivity contribution in [3.8, 4) is 0 Å². The molecule has 0 fully saturated rings. The average molecular weight is 270 g/mol. The number of sulfonamides is 1. The van der Waals surface area contributed by atoms with Crippen LogP contribution in [0.3, 0.4) is 0 Å². The van der Waals surface area contributed by atoms with E-state index in [1.807, 2.05) is 0 Å². The minimum atomic E-state index is -3.67. The van der Waals surface area contributed by atoms with Crippen molar-refractivity contribution in [2.45, 2.75) is 31.2 Å². The molecule has 0 saturated heterocycles. The van der Waals surface area contributed by atoms with Crippen LogP contribution < -0.4 is 10.5 Å². The van der Waals surface area contributed by atoms with Gasteiger partial charge in [-0.25, -0.2) is 13.1 Å². The van der Waals surface area contributed by atoms with Crippen molar-refractivity contribution >= 4 is 15.8 Å². The molecule has 0 aromatic heterocycles. The van der Waals surface area contributed by atoms with Crippen molar-refractivity contribution < 1.29 is 13.2 Å². The van der Waals surface area contributed by atoms with Gasteiger partial charge in [0.05, 0.1) is 4.90 Å². The van der Waals surface area contributed by atoms with E-state index in [0.717, 1.165) is 0 Å². The number of benzene rings is 1. The van der Waals surface area contributed by atoms with Gasteiger partial charge in [0.15, 0.2) is 5.78 Å². The van der Waals surface area contributed by atoms with Gasteiger partial charge < -0.3 is 5.73 Å². The van der Waals surface area contributed by atoms with E-state index in [1.165, 1.54) is 19.1 Å². The van der Waals surface area contributed by atoms with Gasteiger partial charge in [0.25, 0.3) is 0 Å². The Kier molecular flexibility index (Phi) is 4.26. The molecule has 6 heteroatoms. The van der Waals surface area contributed by atoms with Crippen LogP contribution in [0, 0.1) is 0 Å². The summed E-state index contributed by atoms with van der Waals surface area (Å²) >= 11 is 0. The normalized spacial score (nSPS) is 12.4. The molecule has 1 rings (SSSR count). The Morgan fingerprint density at radius 3 is 2.50 bits per heavy atom. The molecule has 1 aromatic rings. The monoisotopic (exact) mass is 270 g/mol. The second kappa shape index (κ2) is 5.17. The number of nitrogens with two attached hydrogens (primary N) is 1. The van der Waals surface area contributed by atoms with Crippen LogP contribution in [-0.2, 0) is 10.0 Å². The van der Waals surface area contributed by atoms with E-state index < -0.39 is 15.6 Å². The minimum Gasteiger partial charge on any atom is -0.329 e. The Labute approximate surface area is 107 Å². The van der Waals surface area contributed by atoms with Crippen molar-refractivity contribution in [1.29, 1.82) is 0 Å². The van der Waals surface area contributed by atoms with Gasteiger partial charge in [0, 0.05) is 17.6 Å². The Hall–Kier alpha value is -1.24. The minimum absolute atomic E-state index is 0.0664. The fourth-order valence-corrected chi connectivity index (χ4v) is 2.82. The first-order chi connectivity index (χ1) is 8.18. The third kappa shape index (κ3) is 3.63. The number of carbonyl (C=O) groups excluding carboxylic acids is 1. The smallest absolute Gasteiger partial charge is 0.241 e.